The summed E-state index contributed by atoms with van der Waals surface area (Å²) in [5.74, 6) is 1.75. The minimum Gasteiger partial charge on any atom is -0.309 e. The number of nitrogens with zero attached hydrogens (tertiary/aromatic N) is 6. The number of benzene rings is 10. The average molecular weight is 881 g/mol. The van der Waals surface area contributed by atoms with Gasteiger partial charge >= 0.3 is 0 Å². The summed E-state index contributed by atoms with van der Waals surface area (Å²) in [6.45, 7) is 0. The Labute approximate surface area is 397 Å². The minimum absolute atomic E-state index is 0.550. The number of rotatable bonds is 7. The smallest absolute Gasteiger partial charge is 0.238 e. The summed E-state index contributed by atoms with van der Waals surface area (Å²) < 4.78 is 7.08. The zero-order valence-corrected chi connectivity index (χ0v) is 37.3. The van der Waals surface area contributed by atoms with Crippen molar-refractivity contribution in [2.75, 3.05) is 0 Å². The van der Waals surface area contributed by atoms with E-state index in [2.05, 4.69) is 232 Å². The van der Waals surface area contributed by atoms with Crippen molar-refractivity contribution in [1.29, 1.82) is 0 Å². The third-order valence-electron chi connectivity index (χ3n) is 13.7. The van der Waals surface area contributed by atoms with Gasteiger partial charge in [-0.2, -0.15) is 9.97 Å². The molecule has 0 aliphatic carbocycles. The Morgan fingerprint density at radius 2 is 0.623 bits per heavy atom. The predicted octanol–water partition coefficient (Wildman–Crippen LogP) is 15.8. The van der Waals surface area contributed by atoms with Crippen LogP contribution in [0.1, 0.15) is 0 Å². The molecule has 0 atom stereocenters. The first-order valence-electron chi connectivity index (χ1n) is 23.4. The van der Waals surface area contributed by atoms with Gasteiger partial charge in [0.15, 0.2) is 11.6 Å². The summed E-state index contributed by atoms with van der Waals surface area (Å²) >= 11 is 0. The molecule has 0 unspecified atom stereocenters. The molecule has 0 aliphatic rings. The van der Waals surface area contributed by atoms with Crippen LogP contribution in [0, 0.1) is 0 Å². The molecule has 0 aliphatic heterocycles. The van der Waals surface area contributed by atoms with Crippen LogP contribution in [0.15, 0.2) is 243 Å². The maximum Gasteiger partial charge on any atom is 0.238 e. The second kappa shape index (κ2) is 15.6. The highest BCUT2D eigenvalue weighted by molar-refractivity contribution is 6.24. The molecule has 0 fully saturated rings. The third-order valence-corrected chi connectivity index (χ3v) is 13.7. The molecule has 10 aromatic carbocycles. The van der Waals surface area contributed by atoms with Gasteiger partial charge in [-0.25, -0.2) is 4.98 Å². The van der Waals surface area contributed by atoms with Crippen LogP contribution in [0.3, 0.4) is 0 Å². The Morgan fingerprint density at radius 3 is 1.19 bits per heavy atom. The first-order chi connectivity index (χ1) is 34.2. The van der Waals surface area contributed by atoms with Gasteiger partial charge in [0.2, 0.25) is 5.95 Å². The standard InChI is InChI=1S/C63H40N6/c1-4-16-41(17-5-1)42-28-30-43(31-29-42)44-32-34-46(35-33-44)62-64-61(45-18-6-2-7-19-45)65-63(66-62)69-57-27-15-12-24-51(57)52-37-38-53-54-40-48(67-55-25-13-10-22-49(55)50-23-11-14-26-56(50)67)36-39-58(54)68(59(53)60(52)69)47-20-8-3-9-21-47/h1-40H. The summed E-state index contributed by atoms with van der Waals surface area (Å²) in [5, 5.41) is 7.01. The van der Waals surface area contributed by atoms with Crippen LogP contribution in [-0.2, 0) is 0 Å². The van der Waals surface area contributed by atoms with Gasteiger partial charge in [-0.3, -0.25) is 4.57 Å². The highest BCUT2D eigenvalue weighted by Gasteiger charge is 2.24. The maximum absolute atomic E-state index is 5.42. The average Bonchev–Trinajstić information content (AvgIpc) is 4.07. The first kappa shape index (κ1) is 38.8. The molecule has 0 saturated carbocycles. The van der Waals surface area contributed by atoms with Crippen molar-refractivity contribution in [3.63, 3.8) is 0 Å². The van der Waals surface area contributed by atoms with Crippen LogP contribution in [0.4, 0.5) is 0 Å². The monoisotopic (exact) mass is 880 g/mol. The Bertz CT molecular complexity index is 4210. The lowest BCUT2D eigenvalue weighted by molar-refractivity contribution is 0.953. The van der Waals surface area contributed by atoms with E-state index in [-0.39, 0.29) is 0 Å². The van der Waals surface area contributed by atoms with Crippen molar-refractivity contribution >= 4 is 65.4 Å². The van der Waals surface area contributed by atoms with E-state index < -0.39 is 0 Å². The zero-order chi connectivity index (χ0) is 45.4. The fourth-order valence-electron chi connectivity index (χ4n) is 10.5. The third kappa shape index (κ3) is 6.23. The Morgan fingerprint density at radius 1 is 0.232 bits per heavy atom. The maximum atomic E-state index is 5.42. The van der Waals surface area contributed by atoms with Gasteiger partial charge in [0.25, 0.3) is 0 Å². The second-order valence-corrected chi connectivity index (χ2v) is 17.6. The normalized spacial score (nSPS) is 11.8. The molecule has 14 aromatic rings. The largest absolute Gasteiger partial charge is 0.309 e. The van der Waals surface area contributed by atoms with E-state index in [0.717, 1.165) is 77.2 Å². The van der Waals surface area contributed by atoms with Gasteiger partial charge in [0, 0.05) is 54.8 Å². The van der Waals surface area contributed by atoms with Crippen LogP contribution in [0.5, 0.6) is 0 Å². The molecule has 4 aromatic heterocycles. The van der Waals surface area contributed by atoms with E-state index in [0.29, 0.717) is 17.6 Å². The summed E-state index contributed by atoms with van der Waals surface area (Å²) in [5.41, 5.74) is 15.3. The van der Waals surface area contributed by atoms with Crippen LogP contribution < -0.4 is 0 Å². The van der Waals surface area contributed by atoms with E-state index in [4.69, 9.17) is 15.0 Å². The molecular weight excluding hydrogens is 841 g/mol. The Kier molecular flexibility index (Phi) is 8.79. The van der Waals surface area contributed by atoms with E-state index in [1.165, 1.54) is 32.9 Å². The number of aromatic nitrogens is 6. The molecule has 14 rings (SSSR count). The Balaban J connectivity index is 1.00. The van der Waals surface area contributed by atoms with Crippen molar-refractivity contribution in [3.8, 4) is 62.4 Å². The molecule has 0 radical (unpaired) electrons. The number of hydrogen-bond acceptors (Lipinski definition) is 3. The number of hydrogen-bond donors (Lipinski definition) is 0. The molecular formula is C63H40N6. The minimum atomic E-state index is 0.550. The zero-order valence-electron chi connectivity index (χ0n) is 37.3. The topological polar surface area (TPSA) is 53.5 Å². The number of para-hydroxylation sites is 4. The van der Waals surface area contributed by atoms with Gasteiger partial charge in [-0.05, 0) is 70.8 Å². The summed E-state index contributed by atoms with van der Waals surface area (Å²) in [7, 11) is 0. The van der Waals surface area contributed by atoms with Crippen LogP contribution in [0.25, 0.3) is 128 Å². The molecule has 322 valence electrons. The van der Waals surface area contributed by atoms with Crippen molar-refractivity contribution in [3.05, 3.63) is 243 Å². The molecule has 0 bridgehead atoms. The molecule has 0 amide bonds. The van der Waals surface area contributed by atoms with Crippen molar-refractivity contribution in [2.45, 2.75) is 0 Å². The van der Waals surface area contributed by atoms with E-state index in [9.17, 15) is 0 Å². The predicted molar refractivity (Wildman–Crippen MR) is 285 cm³/mol. The van der Waals surface area contributed by atoms with Crippen molar-refractivity contribution < 1.29 is 0 Å². The highest BCUT2D eigenvalue weighted by atomic mass is 15.2. The molecule has 0 N–H and O–H groups in total. The van der Waals surface area contributed by atoms with E-state index in [1.807, 2.05) is 24.3 Å². The van der Waals surface area contributed by atoms with Gasteiger partial charge in [-0.15, -0.1) is 0 Å². The fourth-order valence-corrected chi connectivity index (χ4v) is 10.5. The second-order valence-electron chi connectivity index (χ2n) is 17.6. The Hall–Kier alpha value is -9.39. The lowest BCUT2D eigenvalue weighted by Crippen LogP contribution is -2.07. The highest BCUT2D eigenvalue weighted by Crippen LogP contribution is 2.43. The van der Waals surface area contributed by atoms with E-state index in [1.54, 1.807) is 0 Å². The molecule has 69 heavy (non-hydrogen) atoms. The van der Waals surface area contributed by atoms with Crippen molar-refractivity contribution in [1.82, 2.24) is 28.7 Å². The van der Waals surface area contributed by atoms with Crippen molar-refractivity contribution in [2.24, 2.45) is 0 Å². The van der Waals surface area contributed by atoms with Crippen LogP contribution in [-0.4, -0.2) is 28.7 Å². The summed E-state index contributed by atoms with van der Waals surface area (Å²) in [6, 6.07) is 86.3. The lowest BCUT2D eigenvalue weighted by atomic mass is 9.99. The van der Waals surface area contributed by atoms with Gasteiger partial charge < -0.3 is 9.13 Å². The SMILES string of the molecule is c1ccc(-c2ccc(-c3ccc(-c4nc(-c5ccccc5)nc(-n5c6ccccc6c6ccc7c8cc(-n9c%10ccccc%10c%10ccccc%109)ccc8n(-c8ccccc8)c7c65)n4)cc3)cc2)cc1. The lowest BCUT2D eigenvalue weighted by Gasteiger charge is -2.13. The van der Waals surface area contributed by atoms with Gasteiger partial charge in [-0.1, -0.05) is 194 Å². The number of fused-ring (bicyclic) bond motifs is 10. The van der Waals surface area contributed by atoms with E-state index >= 15 is 0 Å². The van der Waals surface area contributed by atoms with Crippen LogP contribution >= 0.6 is 0 Å². The molecule has 0 spiro atoms. The summed E-state index contributed by atoms with van der Waals surface area (Å²) in [4.78, 5) is 16.0. The first-order valence-corrected chi connectivity index (χ1v) is 23.4. The molecule has 4 heterocycles. The molecule has 6 heteroatoms. The van der Waals surface area contributed by atoms with Gasteiger partial charge in [0.05, 0.1) is 33.1 Å². The van der Waals surface area contributed by atoms with Crippen LogP contribution in [0.2, 0.25) is 0 Å². The fraction of sp³-hybridized carbons (Fsp3) is 0. The molecule has 6 nitrogen and oxygen atoms in total. The summed E-state index contributed by atoms with van der Waals surface area (Å²) in [6.07, 6.45) is 0. The quantitative estimate of drug-likeness (QED) is 0.160. The van der Waals surface area contributed by atoms with Gasteiger partial charge in [0.1, 0.15) is 0 Å². The molecule has 0 saturated heterocycles.